The van der Waals surface area contributed by atoms with Crippen molar-refractivity contribution in [1.82, 2.24) is 0 Å². The average Bonchev–Trinajstić information content (AvgIpc) is 2.30. The molecule has 0 spiro atoms. The van der Waals surface area contributed by atoms with Crippen LogP contribution < -0.4 is 4.90 Å². The van der Waals surface area contributed by atoms with E-state index in [0.717, 1.165) is 25.1 Å². The van der Waals surface area contributed by atoms with E-state index in [-0.39, 0.29) is 11.8 Å². The van der Waals surface area contributed by atoms with Gasteiger partial charge in [0.1, 0.15) is 0 Å². The zero-order valence-electron chi connectivity index (χ0n) is 8.86. The highest BCUT2D eigenvalue weighted by Gasteiger charge is 2.27. The molecule has 2 rings (SSSR count). The van der Waals surface area contributed by atoms with Crippen molar-refractivity contribution in [3.8, 4) is 0 Å². The second-order valence-corrected chi connectivity index (χ2v) is 3.95. The van der Waals surface area contributed by atoms with Gasteiger partial charge in [-0.1, -0.05) is 25.1 Å². The Bertz CT molecular complexity index is 334. The quantitative estimate of drug-likeness (QED) is 0.722. The van der Waals surface area contributed by atoms with E-state index in [0.29, 0.717) is 6.42 Å². The second-order valence-electron chi connectivity index (χ2n) is 3.95. The number of hydrogen-bond acceptors (Lipinski definition) is 1. The Morgan fingerprint density at radius 1 is 1.33 bits per heavy atom. The first-order valence-electron chi connectivity index (χ1n) is 5.48. The minimum atomic E-state index is 0.124. The van der Waals surface area contributed by atoms with Gasteiger partial charge in [-0.15, -0.1) is 0 Å². The largest absolute Gasteiger partial charge is 0.312 e. The van der Waals surface area contributed by atoms with E-state index in [1.807, 2.05) is 35.2 Å². The van der Waals surface area contributed by atoms with Gasteiger partial charge in [-0.3, -0.25) is 4.79 Å². The summed E-state index contributed by atoms with van der Waals surface area (Å²) in [6.07, 6.45) is 2.79. The summed E-state index contributed by atoms with van der Waals surface area (Å²) in [5.41, 5.74) is 1.01. The molecule has 15 heavy (non-hydrogen) atoms. The third-order valence-electron chi connectivity index (χ3n) is 2.97. The lowest BCUT2D eigenvalue weighted by molar-refractivity contribution is -0.123. The normalized spacial score (nSPS) is 21.8. The van der Waals surface area contributed by atoms with Crippen LogP contribution in [-0.2, 0) is 4.79 Å². The number of carbonyl (C=O) groups excluding carboxylic acids is 1. The summed E-state index contributed by atoms with van der Waals surface area (Å²) in [7, 11) is 0. The third-order valence-corrected chi connectivity index (χ3v) is 2.97. The van der Waals surface area contributed by atoms with Crippen LogP contribution in [0.15, 0.2) is 30.3 Å². The highest BCUT2D eigenvalue weighted by molar-refractivity contribution is 5.95. The fraction of sp³-hybridized carbons (Fsp3) is 0.385. The van der Waals surface area contributed by atoms with Crippen LogP contribution in [0.4, 0.5) is 5.69 Å². The number of amides is 1. The summed E-state index contributed by atoms with van der Waals surface area (Å²) in [6, 6.07) is 9.89. The van der Waals surface area contributed by atoms with Gasteiger partial charge in [0.05, 0.1) is 0 Å². The maximum absolute atomic E-state index is 12.0. The second kappa shape index (κ2) is 4.47. The Balaban J connectivity index is 2.19. The molecular weight excluding hydrogens is 186 g/mol. The molecular formula is C13H16NO. The highest BCUT2D eigenvalue weighted by Crippen LogP contribution is 2.25. The van der Waals surface area contributed by atoms with Crippen molar-refractivity contribution in [3.05, 3.63) is 37.3 Å². The Morgan fingerprint density at radius 3 is 2.73 bits per heavy atom. The first-order valence-corrected chi connectivity index (χ1v) is 5.48. The SMILES string of the molecule is [CH2]CC1CCCN(c2ccccc2)C1=O. The van der Waals surface area contributed by atoms with Gasteiger partial charge in [-0.25, -0.2) is 0 Å². The Kier molecular flexibility index (Phi) is 3.05. The van der Waals surface area contributed by atoms with Crippen LogP contribution in [-0.4, -0.2) is 12.5 Å². The lowest BCUT2D eigenvalue weighted by Crippen LogP contribution is -2.41. The number of anilines is 1. The van der Waals surface area contributed by atoms with E-state index in [1.165, 1.54) is 0 Å². The van der Waals surface area contributed by atoms with Crippen LogP contribution in [0.25, 0.3) is 0 Å². The third kappa shape index (κ3) is 2.04. The molecule has 1 aromatic rings. The number of benzene rings is 1. The van der Waals surface area contributed by atoms with Crippen molar-refractivity contribution in [1.29, 1.82) is 0 Å². The van der Waals surface area contributed by atoms with E-state index >= 15 is 0 Å². The van der Waals surface area contributed by atoms with Crippen LogP contribution in [0.1, 0.15) is 19.3 Å². The summed E-state index contributed by atoms with van der Waals surface area (Å²) in [6.45, 7) is 4.69. The van der Waals surface area contributed by atoms with Crippen molar-refractivity contribution in [2.24, 2.45) is 5.92 Å². The standard InChI is InChI=1S/C13H16NO/c1-2-11-7-6-10-14(13(11)15)12-8-4-3-5-9-12/h3-5,8-9,11H,1-2,6-7,10H2. The molecule has 1 heterocycles. The van der Waals surface area contributed by atoms with Crippen LogP contribution in [0.5, 0.6) is 0 Å². The van der Waals surface area contributed by atoms with Gasteiger partial charge in [-0.2, -0.15) is 0 Å². The average molecular weight is 202 g/mol. The highest BCUT2D eigenvalue weighted by atomic mass is 16.2. The molecule has 2 heteroatoms. The number of carbonyl (C=O) groups is 1. The summed E-state index contributed by atoms with van der Waals surface area (Å²) in [5.74, 6) is 0.362. The minimum Gasteiger partial charge on any atom is -0.312 e. The van der Waals surface area contributed by atoms with Crippen molar-refractivity contribution in [2.45, 2.75) is 19.3 Å². The van der Waals surface area contributed by atoms with Crippen molar-refractivity contribution in [2.75, 3.05) is 11.4 Å². The molecule has 1 saturated heterocycles. The molecule has 1 amide bonds. The molecule has 0 aliphatic carbocycles. The zero-order chi connectivity index (χ0) is 10.7. The van der Waals surface area contributed by atoms with Crippen LogP contribution in [0.3, 0.4) is 0 Å². The monoisotopic (exact) mass is 202 g/mol. The maximum Gasteiger partial charge on any atom is 0.230 e. The lowest BCUT2D eigenvalue weighted by Gasteiger charge is -2.31. The van der Waals surface area contributed by atoms with Gasteiger partial charge in [0.15, 0.2) is 0 Å². The Morgan fingerprint density at radius 2 is 2.07 bits per heavy atom. The van der Waals surface area contributed by atoms with Crippen molar-refractivity contribution < 1.29 is 4.79 Å². The number of piperidine rings is 1. The molecule has 1 radical (unpaired) electrons. The predicted molar refractivity (Wildman–Crippen MR) is 61.5 cm³/mol. The summed E-state index contributed by atoms with van der Waals surface area (Å²) < 4.78 is 0. The van der Waals surface area contributed by atoms with Gasteiger partial charge in [0.2, 0.25) is 5.91 Å². The number of rotatable bonds is 2. The molecule has 0 saturated carbocycles. The predicted octanol–water partition coefficient (Wildman–Crippen LogP) is 2.65. The molecule has 0 bridgehead atoms. The van der Waals surface area contributed by atoms with Gasteiger partial charge >= 0.3 is 0 Å². The molecule has 1 unspecified atom stereocenters. The van der Waals surface area contributed by atoms with Gasteiger partial charge in [0, 0.05) is 18.2 Å². The Labute approximate surface area is 90.9 Å². The molecule has 0 aromatic heterocycles. The summed E-state index contributed by atoms with van der Waals surface area (Å²) in [5, 5.41) is 0. The first kappa shape index (κ1) is 10.2. The molecule has 1 aromatic carbocycles. The van der Waals surface area contributed by atoms with Crippen LogP contribution in [0, 0.1) is 12.8 Å². The van der Waals surface area contributed by atoms with E-state index in [9.17, 15) is 4.79 Å². The lowest BCUT2D eigenvalue weighted by atomic mass is 9.94. The topological polar surface area (TPSA) is 20.3 Å². The van der Waals surface area contributed by atoms with Gasteiger partial charge in [0.25, 0.3) is 0 Å². The smallest absolute Gasteiger partial charge is 0.230 e. The number of para-hydroxylation sites is 1. The molecule has 1 aliphatic rings. The molecule has 0 N–H and O–H groups in total. The van der Waals surface area contributed by atoms with Crippen molar-refractivity contribution >= 4 is 11.6 Å². The number of hydrogen-bond donors (Lipinski definition) is 0. The fourth-order valence-corrected chi connectivity index (χ4v) is 2.08. The first-order chi connectivity index (χ1) is 7.33. The van der Waals surface area contributed by atoms with E-state index in [4.69, 9.17) is 0 Å². The van der Waals surface area contributed by atoms with E-state index in [2.05, 4.69) is 6.92 Å². The molecule has 1 atom stereocenters. The minimum absolute atomic E-state index is 0.124. The van der Waals surface area contributed by atoms with Gasteiger partial charge in [-0.05, 0) is 31.4 Å². The molecule has 1 aliphatic heterocycles. The summed E-state index contributed by atoms with van der Waals surface area (Å²) in [4.78, 5) is 13.9. The van der Waals surface area contributed by atoms with Crippen LogP contribution in [0.2, 0.25) is 0 Å². The number of nitrogens with zero attached hydrogens (tertiary/aromatic N) is 1. The van der Waals surface area contributed by atoms with Gasteiger partial charge < -0.3 is 4.90 Å². The molecule has 79 valence electrons. The molecule has 1 fully saturated rings. The van der Waals surface area contributed by atoms with Crippen LogP contribution >= 0.6 is 0 Å². The molecule has 2 nitrogen and oxygen atoms in total. The van der Waals surface area contributed by atoms with E-state index in [1.54, 1.807) is 0 Å². The fourth-order valence-electron chi connectivity index (χ4n) is 2.08. The maximum atomic E-state index is 12.0. The Hall–Kier alpha value is -1.31. The zero-order valence-corrected chi connectivity index (χ0v) is 8.86. The van der Waals surface area contributed by atoms with E-state index < -0.39 is 0 Å². The summed E-state index contributed by atoms with van der Waals surface area (Å²) >= 11 is 0. The van der Waals surface area contributed by atoms with Crippen molar-refractivity contribution in [3.63, 3.8) is 0 Å².